The number of hydrogen-bond donors (Lipinski definition) is 1. The van der Waals surface area contributed by atoms with Gasteiger partial charge in [0.05, 0.1) is 11.4 Å². The second-order valence-electron chi connectivity index (χ2n) is 7.95. The van der Waals surface area contributed by atoms with Gasteiger partial charge in [0.25, 0.3) is 0 Å². The third-order valence-electron chi connectivity index (χ3n) is 5.44. The van der Waals surface area contributed by atoms with Gasteiger partial charge < -0.3 is 10.5 Å². The standard InChI is InChI=1S/C21H32N4O/c1-15(2)17-8-7-10-23-18(17)13-25(11-6-5-9-22)14-19-21(4)20(26-21)16(3)12-24-19/h7-8,10,12,15,20H,5-6,9,11,13-14,22H2,1-4H3. The van der Waals surface area contributed by atoms with E-state index in [9.17, 15) is 0 Å². The van der Waals surface area contributed by atoms with Crippen molar-refractivity contribution in [2.45, 2.75) is 64.7 Å². The summed E-state index contributed by atoms with van der Waals surface area (Å²) in [5.41, 5.74) is 10.3. The van der Waals surface area contributed by atoms with Crippen molar-refractivity contribution in [3.8, 4) is 0 Å². The fourth-order valence-electron chi connectivity index (χ4n) is 3.76. The molecule has 3 heterocycles. The second-order valence-corrected chi connectivity index (χ2v) is 7.95. The average molecular weight is 357 g/mol. The third-order valence-corrected chi connectivity index (χ3v) is 5.44. The summed E-state index contributed by atoms with van der Waals surface area (Å²) < 4.78 is 5.97. The lowest BCUT2D eigenvalue weighted by Gasteiger charge is -2.26. The summed E-state index contributed by atoms with van der Waals surface area (Å²) in [6.45, 7) is 12.1. The Balaban J connectivity index is 1.76. The average Bonchev–Trinajstić information content (AvgIpc) is 3.32. The first-order valence-corrected chi connectivity index (χ1v) is 9.73. The van der Waals surface area contributed by atoms with E-state index in [1.165, 1.54) is 11.1 Å². The molecule has 0 aromatic carbocycles. The number of nitrogens with zero attached hydrogens (tertiary/aromatic N) is 3. The normalized spacial score (nSPS) is 24.5. The fourth-order valence-corrected chi connectivity index (χ4v) is 3.76. The quantitative estimate of drug-likeness (QED) is 0.545. The van der Waals surface area contributed by atoms with Gasteiger partial charge in [-0.3, -0.25) is 14.9 Å². The summed E-state index contributed by atoms with van der Waals surface area (Å²) in [5, 5.41) is 0. The van der Waals surface area contributed by atoms with Gasteiger partial charge in [-0.15, -0.1) is 0 Å². The van der Waals surface area contributed by atoms with Crippen LogP contribution in [-0.2, 0) is 11.3 Å². The van der Waals surface area contributed by atoms with E-state index in [-0.39, 0.29) is 11.7 Å². The zero-order valence-electron chi connectivity index (χ0n) is 16.5. The summed E-state index contributed by atoms with van der Waals surface area (Å²) in [6.07, 6.45) is 6.20. The maximum Gasteiger partial charge on any atom is 0.135 e. The Morgan fingerprint density at radius 2 is 2.12 bits per heavy atom. The number of epoxide rings is 1. The van der Waals surface area contributed by atoms with Crippen LogP contribution in [0.4, 0.5) is 0 Å². The molecule has 2 aliphatic heterocycles. The number of aromatic nitrogens is 1. The molecule has 1 fully saturated rings. The van der Waals surface area contributed by atoms with Crippen molar-refractivity contribution in [3.63, 3.8) is 0 Å². The zero-order valence-corrected chi connectivity index (χ0v) is 16.5. The third kappa shape index (κ3) is 4.05. The Kier molecular flexibility index (Phi) is 5.90. The van der Waals surface area contributed by atoms with E-state index < -0.39 is 0 Å². The molecule has 1 saturated heterocycles. The van der Waals surface area contributed by atoms with Gasteiger partial charge in [0.1, 0.15) is 11.7 Å². The van der Waals surface area contributed by atoms with Gasteiger partial charge >= 0.3 is 0 Å². The highest BCUT2D eigenvalue weighted by atomic mass is 16.6. The molecule has 26 heavy (non-hydrogen) atoms. The van der Waals surface area contributed by atoms with Crippen molar-refractivity contribution in [2.75, 3.05) is 19.6 Å². The topological polar surface area (TPSA) is 67.0 Å². The largest absolute Gasteiger partial charge is 0.355 e. The molecule has 0 aliphatic carbocycles. The SMILES string of the molecule is CC1=CN=C(CN(CCCCN)Cc2ncccc2C(C)C)C2(C)OC12. The molecule has 0 spiro atoms. The minimum atomic E-state index is -0.212. The van der Waals surface area contributed by atoms with Crippen LogP contribution in [0.1, 0.15) is 57.7 Å². The molecule has 0 radical (unpaired) electrons. The highest BCUT2D eigenvalue weighted by Gasteiger charge is 2.58. The van der Waals surface area contributed by atoms with Crippen LogP contribution in [0.5, 0.6) is 0 Å². The van der Waals surface area contributed by atoms with Crippen LogP contribution in [0.3, 0.4) is 0 Å². The van der Waals surface area contributed by atoms with Crippen LogP contribution >= 0.6 is 0 Å². The Labute approximate surface area is 157 Å². The van der Waals surface area contributed by atoms with E-state index in [1.54, 1.807) is 0 Å². The van der Waals surface area contributed by atoms with Crippen LogP contribution in [0, 0.1) is 0 Å². The summed E-state index contributed by atoms with van der Waals surface area (Å²) in [4.78, 5) is 11.8. The van der Waals surface area contributed by atoms with Crippen LogP contribution in [0.15, 0.2) is 35.1 Å². The zero-order chi connectivity index (χ0) is 18.7. The smallest absolute Gasteiger partial charge is 0.135 e. The molecule has 3 rings (SSSR count). The Morgan fingerprint density at radius 1 is 1.31 bits per heavy atom. The summed E-state index contributed by atoms with van der Waals surface area (Å²) in [5.74, 6) is 0.468. The van der Waals surface area contributed by atoms with Crippen LogP contribution in [0.25, 0.3) is 0 Å². The number of unbranched alkanes of at least 4 members (excludes halogenated alkanes) is 1. The number of fused-ring (bicyclic) bond motifs is 1. The molecule has 2 unspecified atom stereocenters. The molecular formula is C21H32N4O. The summed E-state index contributed by atoms with van der Waals surface area (Å²) in [7, 11) is 0. The molecule has 1 aromatic rings. The second kappa shape index (κ2) is 7.99. The van der Waals surface area contributed by atoms with Crippen molar-refractivity contribution in [1.29, 1.82) is 0 Å². The first-order chi connectivity index (χ1) is 12.5. The molecular weight excluding hydrogens is 324 g/mol. The van der Waals surface area contributed by atoms with Crippen molar-refractivity contribution in [1.82, 2.24) is 9.88 Å². The van der Waals surface area contributed by atoms with Gasteiger partial charge in [0.15, 0.2) is 0 Å². The summed E-state index contributed by atoms with van der Waals surface area (Å²) >= 11 is 0. The summed E-state index contributed by atoms with van der Waals surface area (Å²) in [6, 6.07) is 4.22. The molecule has 0 amide bonds. The fraction of sp³-hybridized carbons (Fsp3) is 0.619. The molecule has 5 heteroatoms. The monoisotopic (exact) mass is 356 g/mol. The minimum absolute atomic E-state index is 0.210. The van der Waals surface area contributed by atoms with Crippen molar-refractivity contribution < 1.29 is 4.74 Å². The highest BCUT2D eigenvalue weighted by Crippen LogP contribution is 2.44. The lowest BCUT2D eigenvalue weighted by atomic mass is 9.94. The van der Waals surface area contributed by atoms with E-state index in [2.05, 4.69) is 43.6 Å². The first-order valence-electron chi connectivity index (χ1n) is 9.73. The predicted octanol–water partition coefficient (Wildman–Crippen LogP) is 3.26. The van der Waals surface area contributed by atoms with Crippen LogP contribution in [-0.4, -0.2) is 46.9 Å². The molecule has 0 saturated carbocycles. The van der Waals surface area contributed by atoms with E-state index in [0.717, 1.165) is 50.4 Å². The number of hydrogen-bond acceptors (Lipinski definition) is 5. The van der Waals surface area contributed by atoms with Crippen LogP contribution < -0.4 is 5.73 Å². The molecule has 2 N–H and O–H groups in total. The number of ether oxygens (including phenoxy) is 1. The number of nitrogens with two attached hydrogens (primary N) is 1. The van der Waals surface area contributed by atoms with E-state index in [0.29, 0.717) is 5.92 Å². The van der Waals surface area contributed by atoms with Gasteiger partial charge in [-0.25, -0.2) is 0 Å². The van der Waals surface area contributed by atoms with Crippen molar-refractivity contribution >= 4 is 5.71 Å². The maximum absolute atomic E-state index is 5.97. The Bertz CT molecular complexity index is 697. The van der Waals surface area contributed by atoms with E-state index in [1.807, 2.05) is 18.5 Å². The van der Waals surface area contributed by atoms with Gasteiger partial charge in [0, 0.05) is 25.5 Å². The minimum Gasteiger partial charge on any atom is -0.355 e. The van der Waals surface area contributed by atoms with Crippen molar-refractivity contribution in [3.05, 3.63) is 41.4 Å². The highest BCUT2D eigenvalue weighted by molar-refractivity contribution is 5.98. The number of pyridine rings is 1. The van der Waals surface area contributed by atoms with Gasteiger partial charge in [-0.1, -0.05) is 19.9 Å². The predicted molar refractivity (Wildman–Crippen MR) is 106 cm³/mol. The molecule has 2 aliphatic rings. The first kappa shape index (κ1) is 19.2. The van der Waals surface area contributed by atoms with E-state index >= 15 is 0 Å². The Hall–Kier alpha value is -1.56. The van der Waals surface area contributed by atoms with Gasteiger partial charge in [-0.05, 0) is 62.9 Å². The number of aliphatic imine (C=N–C) groups is 1. The lowest BCUT2D eigenvalue weighted by molar-refractivity contribution is 0.283. The van der Waals surface area contributed by atoms with Gasteiger partial charge in [-0.2, -0.15) is 0 Å². The van der Waals surface area contributed by atoms with Crippen LogP contribution in [0.2, 0.25) is 0 Å². The lowest BCUT2D eigenvalue weighted by Crippen LogP contribution is -2.39. The van der Waals surface area contributed by atoms with E-state index in [4.69, 9.17) is 15.5 Å². The molecule has 1 aromatic heterocycles. The molecule has 0 bridgehead atoms. The molecule has 2 atom stereocenters. The molecule has 142 valence electrons. The Morgan fingerprint density at radius 3 is 2.85 bits per heavy atom. The van der Waals surface area contributed by atoms with Gasteiger partial charge in [0.2, 0.25) is 0 Å². The molecule has 5 nitrogen and oxygen atoms in total. The maximum atomic E-state index is 5.97. The van der Waals surface area contributed by atoms with Crippen molar-refractivity contribution in [2.24, 2.45) is 10.7 Å². The number of rotatable bonds is 9.